The van der Waals surface area contributed by atoms with Gasteiger partial charge in [-0.05, 0) is 12.1 Å². The summed E-state index contributed by atoms with van der Waals surface area (Å²) in [6.45, 7) is 0.272. The molecule has 0 unspecified atom stereocenters. The molecule has 0 atom stereocenters. The summed E-state index contributed by atoms with van der Waals surface area (Å²) in [6, 6.07) is 7.03. The van der Waals surface area contributed by atoms with Crippen molar-refractivity contribution in [3.63, 3.8) is 0 Å². The van der Waals surface area contributed by atoms with E-state index in [1.165, 1.54) is 12.0 Å². The Morgan fingerprint density at radius 2 is 2.13 bits per heavy atom. The highest BCUT2D eigenvalue weighted by Gasteiger charge is 2.14. The van der Waals surface area contributed by atoms with Gasteiger partial charge in [-0.3, -0.25) is 4.79 Å². The van der Waals surface area contributed by atoms with E-state index in [4.69, 9.17) is 9.84 Å². The van der Waals surface area contributed by atoms with Gasteiger partial charge in [0.05, 0.1) is 19.3 Å². The summed E-state index contributed by atoms with van der Waals surface area (Å²) < 4.78 is 5.08. The fourth-order valence-electron chi connectivity index (χ4n) is 1.28. The molecular weight excluding hydrogens is 194 g/mol. The van der Waals surface area contributed by atoms with Gasteiger partial charge in [-0.15, -0.1) is 0 Å². The smallest absolute Gasteiger partial charge is 0.257 e. The second-order valence-electron chi connectivity index (χ2n) is 3.15. The first-order chi connectivity index (χ1) is 7.20. The number of para-hydroxylation sites is 1. The molecule has 1 aromatic carbocycles. The van der Waals surface area contributed by atoms with Gasteiger partial charge in [0.25, 0.3) is 5.91 Å². The highest BCUT2D eigenvalue weighted by atomic mass is 16.5. The standard InChI is InChI=1S/C11H15NO3/c1-12(7-8-13)11(14)9-5-3-4-6-10(9)15-2/h3-6,13H,7-8H2,1-2H3. The predicted molar refractivity (Wildman–Crippen MR) is 57.0 cm³/mol. The molecule has 0 radical (unpaired) electrons. The molecule has 4 heteroatoms. The molecule has 0 aliphatic carbocycles. The average molecular weight is 209 g/mol. The number of amides is 1. The Labute approximate surface area is 89.1 Å². The highest BCUT2D eigenvalue weighted by molar-refractivity contribution is 5.96. The second kappa shape index (κ2) is 5.36. The normalized spacial score (nSPS) is 9.80. The third-order valence-electron chi connectivity index (χ3n) is 2.12. The van der Waals surface area contributed by atoms with Crippen molar-refractivity contribution in [2.45, 2.75) is 0 Å². The van der Waals surface area contributed by atoms with Crippen LogP contribution in [0.2, 0.25) is 0 Å². The molecule has 0 aromatic heterocycles. The van der Waals surface area contributed by atoms with Gasteiger partial charge in [-0.25, -0.2) is 0 Å². The lowest BCUT2D eigenvalue weighted by atomic mass is 10.2. The van der Waals surface area contributed by atoms with Crippen molar-refractivity contribution in [1.29, 1.82) is 0 Å². The molecule has 0 saturated heterocycles. The Kier molecular flexibility index (Phi) is 4.12. The number of aliphatic hydroxyl groups excluding tert-OH is 1. The Hall–Kier alpha value is -1.55. The molecule has 0 spiro atoms. The van der Waals surface area contributed by atoms with Gasteiger partial charge < -0.3 is 14.7 Å². The van der Waals surface area contributed by atoms with Gasteiger partial charge in [0.1, 0.15) is 5.75 Å². The zero-order valence-electron chi connectivity index (χ0n) is 8.93. The van der Waals surface area contributed by atoms with Crippen molar-refractivity contribution in [3.8, 4) is 5.75 Å². The Morgan fingerprint density at radius 3 is 2.73 bits per heavy atom. The summed E-state index contributed by atoms with van der Waals surface area (Å²) in [5, 5.41) is 8.73. The maximum absolute atomic E-state index is 11.8. The van der Waals surface area contributed by atoms with E-state index in [2.05, 4.69) is 0 Å². The van der Waals surface area contributed by atoms with Gasteiger partial charge in [-0.2, -0.15) is 0 Å². The number of carbonyl (C=O) groups is 1. The maximum atomic E-state index is 11.8. The van der Waals surface area contributed by atoms with Crippen molar-refractivity contribution < 1.29 is 14.6 Å². The fraction of sp³-hybridized carbons (Fsp3) is 0.364. The quantitative estimate of drug-likeness (QED) is 0.796. The zero-order chi connectivity index (χ0) is 11.3. The molecule has 0 bridgehead atoms. The average Bonchev–Trinajstić information content (AvgIpc) is 2.28. The van der Waals surface area contributed by atoms with E-state index < -0.39 is 0 Å². The first-order valence-electron chi connectivity index (χ1n) is 4.70. The van der Waals surface area contributed by atoms with Crippen molar-refractivity contribution >= 4 is 5.91 Å². The van der Waals surface area contributed by atoms with Crippen LogP contribution in [0.4, 0.5) is 0 Å². The number of methoxy groups -OCH3 is 1. The number of aliphatic hydroxyl groups is 1. The Balaban J connectivity index is 2.90. The summed E-state index contributed by atoms with van der Waals surface area (Å²) >= 11 is 0. The lowest BCUT2D eigenvalue weighted by Crippen LogP contribution is -2.29. The summed E-state index contributed by atoms with van der Waals surface area (Å²) in [4.78, 5) is 13.3. The number of hydrogen-bond donors (Lipinski definition) is 1. The number of nitrogens with zero attached hydrogens (tertiary/aromatic N) is 1. The summed E-state index contributed by atoms with van der Waals surface area (Å²) in [5.74, 6) is 0.397. The highest BCUT2D eigenvalue weighted by Crippen LogP contribution is 2.18. The van der Waals surface area contributed by atoms with Crippen LogP contribution in [0.1, 0.15) is 10.4 Å². The first-order valence-corrected chi connectivity index (χ1v) is 4.70. The van der Waals surface area contributed by atoms with Gasteiger partial charge >= 0.3 is 0 Å². The number of ether oxygens (including phenoxy) is 1. The first kappa shape index (κ1) is 11.5. The summed E-state index contributed by atoms with van der Waals surface area (Å²) in [7, 11) is 3.17. The minimum atomic E-state index is -0.151. The maximum Gasteiger partial charge on any atom is 0.257 e. The van der Waals surface area contributed by atoms with E-state index in [1.54, 1.807) is 25.2 Å². The topological polar surface area (TPSA) is 49.8 Å². The van der Waals surface area contributed by atoms with Crippen LogP contribution in [0.5, 0.6) is 5.75 Å². The number of benzene rings is 1. The number of hydrogen-bond acceptors (Lipinski definition) is 3. The predicted octanol–water partition coefficient (Wildman–Crippen LogP) is 0.760. The molecule has 0 saturated carbocycles. The monoisotopic (exact) mass is 209 g/mol. The van der Waals surface area contributed by atoms with Crippen molar-refractivity contribution in [2.75, 3.05) is 27.3 Å². The van der Waals surface area contributed by atoms with E-state index in [0.29, 0.717) is 17.9 Å². The second-order valence-corrected chi connectivity index (χ2v) is 3.15. The van der Waals surface area contributed by atoms with Gasteiger partial charge in [0.2, 0.25) is 0 Å². The third kappa shape index (κ3) is 2.70. The van der Waals surface area contributed by atoms with Crippen LogP contribution in [-0.2, 0) is 0 Å². The van der Waals surface area contributed by atoms with Crippen LogP contribution in [0.3, 0.4) is 0 Å². The minimum Gasteiger partial charge on any atom is -0.496 e. The van der Waals surface area contributed by atoms with Crippen LogP contribution >= 0.6 is 0 Å². The zero-order valence-corrected chi connectivity index (χ0v) is 8.93. The molecule has 1 amide bonds. The number of rotatable bonds is 4. The molecule has 0 fully saturated rings. The van der Waals surface area contributed by atoms with E-state index in [9.17, 15) is 4.79 Å². The lowest BCUT2D eigenvalue weighted by Gasteiger charge is -2.17. The summed E-state index contributed by atoms with van der Waals surface area (Å²) in [6.07, 6.45) is 0. The number of carbonyl (C=O) groups excluding carboxylic acids is 1. The van der Waals surface area contributed by atoms with E-state index in [1.807, 2.05) is 6.07 Å². The molecular formula is C11H15NO3. The van der Waals surface area contributed by atoms with Crippen LogP contribution in [0.15, 0.2) is 24.3 Å². The Morgan fingerprint density at radius 1 is 1.47 bits per heavy atom. The van der Waals surface area contributed by atoms with Crippen LogP contribution in [0, 0.1) is 0 Å². The lowest BCUT2D eigenvalue weighted by molar-refractivity contribution is 0.0763. The van der Waals surface area contributed by atoms with Crippen molar-refractivity contribution in [3.05, 3.63) is 29.8 Å². The minimum absolute atomic E-state index is 0.0443. The van der Waals surface area contributed by atoms with E-state index in [-0.39, 0.29) is 12.5 Å². The molecule has 0 aliphatic heterocycles. The molecule has 0 heterocycles. The van der Waals surface area contributed by atoms with E-state index in [0.717, 1.165) is 0 Å². The van der Waals surface area contributed by atoms with E-state index >= 15 is 0 Å². The SMILES string of the molecule is COc1ccccc1C(=O)N(C)CCO. The van der Waals surface area contributed by atoms with Crippen molar-refractivity contribution in [2.24, 2.45) is 0 Å². The molecule has 1 N–H and O–H groups in total. The molecule has 15 heavy (non-hydrogen) atoms. The largest absolute Gasteiger partial charge is 0.496 e. The molecule has 4 nitrogen and oxygen atoms in total. The van der Waals surface area contributed by atoms with Gasteiger partial charge in [0, 0.05) is 13.6 Å². The molecule has 1 rings (SSSR count). The van der Waals surface area contributed by atoms with Crippen LogP contribution in [0.25, 0.3) is 0 Å². The Bertz CT molecular complexity index is 338. The van der Waals surface area contributed by atoms with Crippen molar-refractivity contribution in [1.82, 2.24) is 4.90 Å². The van der Waals surface area contributed by atoms with Gasteiger partial charge in [-0.1, -0.05) is 12.1 Å². The molecule has 0 aliphatic rings. The number of likely N-dealkylation sites (N-methyl/N-ethyl adjacent to an activating group) is 1. The molecule has 82 valence electrons. The fourth-order valence-corrected chi connectivity index (χ4v) is 1.28. The summed E-state index contributed by atoms with van der Waals surface area (Å²) in [5.41, 5.74) is 0.510. The van der Waals surface area contributed by atoms with Crippen LogP contribution < -0.4 is 4.74 Å². The van der Waals surface area contributed by atoms with Gasteiger partial charge in [0.15, 0.2) is 0 Å². The third-order valence-corrected chi connectivity index (χ3v) is 2.12. The van der Waals surface area contributed by atoms with Crippen LogP contribution in [-0.4, -0.2) is 43.2 Å². The molecule has 1 aromatic rings.